The van der Waals surface area contributed by atoms with Crippen LogP contribution in [0.5, 0.6) is 5.75 Å². The molecule has 2 aliphatic rings. The Morgan fingerprint density at radius 1 is 1.20 bits per heavy atom. The van der Waals surface area contributed by atoms with Gasteiger partial charge in [0.05, 0.1) is 13.2 Å². The van der Waals surface area contributed by atoms with E-state index in [0.29, 0.717) is 38.9 Å². The molecular weight excluding hydrogens is 388 g/mol. The minimum Gasteiger partial charge on any atom is -0.497 e. The van der Waals surface area contributed by atoms with Crippen LogP contribution >= 0.6 is 0 Å². The van der Waals surface area contributed by atoms with Gasteiger partial charge in [-0.3, -0.25) is 19.3 Å². The molecule has 1 aromatic carbocycles. The first-order valence-electron chi connectivity index (χ1n) is 10.2. The average Bonchev–Trinajstić information content (AvgIpc) is 3.17. The van der Waals surface area contributed by atoms with Gasteiger partial charge in [0, 0.05) is 45.2 Å². The molecule has 30 heavy (non-hydrogen) atoms. The molecule has 0 aromatic heterocycles. The van der Waals surface area contributed by atoms with Crippen LogP contribution in [0, 0.1) is 0 Å². The number of hydrogen-bond acceptors (Lipinski definition) is 6. The fourth-order valence-corrected chi connectivity index (χ4v) is 4.08. The number of ether oxygens (including phenoxy) is 2. The number of amides is 3. The van der Waals surface area contributed by atoms with Gasteiger partial charge in [0.25, 0.3) is 0 Å². The summed E-state index contributed by atoms with van der Waals surface area (Å²) >= 11 is 0. The highest BCUT2D eigenvalue weighted by Gasteiger charge is 2.43. The zero-order chi connectivity index (χ0) is 21.5. The Morgan fingerprint density at radius 2 is 1.97 bits per heavy atom. The Labute approximate surface area is 176 Å². The van der Waals surface area contributed by atoms with Crippen LogP contribution in [0.15, 0.2) is 24.3 Å². The average molecular weight is 418 g/mol. The summed E-state index contributed by atoms with van der Waals surface area (Å²) in [6, 6.07) is 7.28. The third kappa shape index (κ3) is 5.70. The molecule has 3 N–H and O–H groups in total. The number of fused-ring (bicyclic) bond motifs is 1. The lowest BCUT2D eigenvalue weighted by molar-refractivity contribution is -0.129. The first-order chi connectivity index (χ1) is 14.5. The van der Waals surface area contributed by atoms with Crippen molar-refractivity contribution in [2.24, 2.45) is 0 Å². The van der Waals surface area contributed by atoms with Crippen molar-refractivity contribution in [2.75, 3.05) is 33.9 Å². The minimum atomic E-state index is -0.265. The Bertz CT molecular complexity index is 754. The fourth-order valence-electron chi connectivity index (χ4n) is 4.08. The SMILES string of the molecule is COCC(=O)NC1CC2C(=O)NCC(CCC(=O)NCc3ccc(OC)cc3)N2C1. The maximum atomic E-state index is 12.3. The van der Waals surface area contributed by atoms with Crippen LogP contribution < -0.4 is 20.7 Å². The number of nitrogens with one attached hydrogen (secondary N) is 3. The summed E-state index contributed by atoms with van der Waals surface area (Å²) in [5.74, 6) is 0.556. The molecule has 3 rings (SSSR count). The van der Waals surface area contributed by atoms with Crippen LogP contribution in [-0.2, 0) is 25.7 Å². The molecule has 0 aliphatic carbocycles. The highest BCUT2D eigenvalue weighted by Crippen LogP contribution is 2.25. The number of piperazine rings is 1. The van der Waals surface area contributed by atoms with Crippen molar-refractivity contribution in [1.29, 1.82) is 0 Å². The maximum Gasteiger partial charge on any atom is 0.246 e. The molecule has 0 spiro atoms. The highest BCUT2D eigenvalue weighted by atomic mass is 16.5. The number of hydrogen-bond donors (Lipinski definition) is 3. The van der Waals surface area contributed by atoms with Gasteiger partial charge < -0.3 is 25.4 Å². The normalized spacial score (nSPS) is 23.4. The van der Waals surface area contributed by atoms with E-state index in [-0.39, 0.29) is 42.5 Å². The monoisotopic (exact) mass is 418 g/mol. The second-order valence-electron chi connectivity index (χ2n) is 7.71. The predicted molar refractivity (Wildman–Crippen MR) is 110 cm³/mol. The van der Waals surface area contributed by atoms with Crippen molar-refractivity contribution >= 4 is 17.7 Å². The summed E-state index contributed by atoms with van der Waals surface area (Å²) in [7, 11) is 3.09. The topological polar surface area (TPSA) is 109 Å². The van der Waals surface area contributed by atoms with Crippen LogP contribution in [-0.4, -0.2) is 74.7 Å². The van der Waals surface area contributed by atoms with E-state index in [9.17, 15) is 14.4 Å². The molecule has 3 unspecified atom stereocenters. The fraction of sp³-hybridized carbons (Fsp3) is 0.571. The molecule has 2 saturated heterocycles. The Morgan fingerprint density at radius 3 is 2.67 bits per heavy atom. The third-order valence-electron chi connectivity index (χ3n) is 5.62. The second kappa shape index (κ2) is 10.4. The van der Waals surface area contributed by atoms with Gasteiger partial charge in [-0.1, -0.05) is 12.1 Å². The van der Waals surface area contributed by atoms with Crippen LogP contribution in [0.4, 0.5) is 0 Å². The summed E-state index contributed by atoms with van der Waals surface area (Å²) in [5, 5.41) is 8.79. The van der Waals surface area contributed by atoms with Gasteiger partial charge in [0.2, 0.25) is 17.7 Å². The molecule has 0 saturated carbocycles. The second-order valence-corrected chi connectivity index (χ2v) is 7.71. The van der Waals surface area contributed by atoms with E-state index < -0.39 is 0 Å². The maximum absolute atomic E-state index is 12.3. The number of nitrogens with zero attached hydrogens (tertiary/aromatic N) is 1. The van der Waals surface area contributed by atoms with Crippen LogP contribution in [0.3, 0.4) is 0 Å². The summed E-state index contributed by atoms with van der Waals surface area (Å²) in [6.07, 6.45) is 1.59. The van der Waals surface area contributed by atoms with Gasteiger partial charge in [-0.15, -0.1) is 0 Å². The number of carbonyl (C=O) groups excluding carboxylic acids is 3. The van der Waals surface area contributed by atoms with Crippen LogP contribution in [0.25, 0.3) is 0 Å². The van der Waals surface area contributed by atoms with Crippen molar-refractivity contribution in [3.63, 3.8) is 0 Å². The number of rotatable bonds is 9. The van der Waals surface area contributed by atoms with Gasteiger partial charge in [-0.25, -0.2) is 0 Å². The van der Waals surface area contributed by atoms with Crippen molar-refractivity contribution in [1.82, 2.24) is 20.9 Å². The zero-order valence-corrected chi connectivity index (χ0v) is 17.5. The molecule has 1 aromatic rings. The predicted octanol–water partition coefficient (Wildman–Crippen LogP) is -0.204. The minimum absolute atomic E-state index is 0.00512. The lowest BCUT2D eigenvalue weighted by Crippen LogP contribution is -2.58. The van der Waals surface area contributed by atoms with E-state index in [4.69, 9.17) is 9.47 Å². The summed E-state index contributed by atoms with van der Waals surface area (Å²) in [4.78, 5) is 38.5. The standard InChI is InChI=1S/C21H30N4O5/c1-29-13-20(27)24-15-9-18-21(28)23-11-16(25(18)12-15)5-8-19(26)22-10-14-3-6-17(30-2)7-4-14/h3-4,6-7,15-16,18H,5,8-13H2,1-2H3,(H,22,26)(H,23,28)(H,24,27). The molecule has 0 bridgehead atoms. The molecule has 9 heteroatoms. The molecular formula is C21H30N4O5. The number of methoxy groups -OCH3 is 2. The number of carbonyl (C=O) groups is 3. The molecule has 164 valence electrons. The van der Waals surface area contributed by atoms with E-state index in [2.05, 4.69) is 20.9 Å². The van der Waals surface area contributed by atoms with Gasteiger partial charge in [0.15, 0.2) is 0 Å². The van der Waals surface area contributed by atoms with E-state index in [1.165, 1.54) is 7.11 Å². The van der Waals surface area contributed by atoms with Gasteiger partial charge in [0.1, 0.15) is 12.4 Å². The molecule has 3 amide bonds. The molecule has 2 fully saturated rings. The van der Waals surface area contributed by atoms with E-state index >= 15 is 0 Å². The molecule has 3 atom stereocenters. The Hall–Kier alpha value is -2.65. The Kier molecular flexibility index (Phi) is 7.64. The highest BCUT2D eigenvalue weighted by molar-refractivity contribution is 5.84. The largest absolute Gasteiger partial charge is 0.497 e. The Balaban J connectivity index is 1.46. The molecule has 9 nitrogen and oxygen atoms in total. The van der Waals surface area contributed by atoms with E-state index in [1.54, 1.807) is 7.11 Å². The first kappa shape index (κ1) is 22.0. The molecule has 0 radical (unpaired) electrons. The van der Waals surface area contributed by atoms with Crippen LogP contribution in [0.1, 0.15) is 24.8 Å². The quantitative estimate of drug-likeness (QED) is 0.512. The van der Waals surface area contributed by atoms with Gasteiger partial charge in [-0.2, -0.15) is 0 Å². The van der Waals surface area contributed by atoms with E-state index in [1.807, 2.05) is 24.3 Å². The van der Waals surface area contributed by atoms with Crippen LogP contribution in [0.2, 0.25) is 0 Å². The van der Waals surface area contributed by atoms with E-state index in [0.717, 1.165) is 11.3 Å². The summed E-state index contributed by atoms with van der Waals surface area (Å²) in [6.45, 7) is 1.58. The zero-order valence-electron chi connectivity index (χ0n) is 17.5. The third-order valence-corrected chi connectivity index (χ3v) is 5.62. The molecule has 2 aliphatic heterocycles. The smallest absolute Gasteiger partial charge is 0.246 e. The van der Waals surface area contributed by atoms with Crippen molar-refractivity contribution in [2.45, 2.75) is 43.9 Å². The lowest BCUT2D eigenvalue weighted by atomic mass is 10.0. The van der Waals surface area contributed by atoms with Gasteiger partial charge >= 0.3 is 0 Å². The van der Waals surface area contributed by atoms with Crippen molar-refractivity contribution < 1.29 is 23.9 Å². The summed E-state index contributed by atoms with van der Waals surface area (Å²) < 4.78 is 9.98. The van der Waals surface area contributed by atoms with Gasteiger partial charge in [-0.05, 0) is 30.5 Å². The van der Waals surface area contributed by atoms with Crippen molar-refractivity contribution in [3.05, 3.63) is 29.8 Å². The number of benzene rings is 1. The van der Waals surface area contributed by atoms with Crippen molar-refractivity contribution in [3.8, 4) is 5.75 Å². The summed E-state index contributed by atoms with van der Waals surface area (Å²) in [5.41, 5.74) is 1.00. The molecule has 2 heterocycles. The first-order valence-corrected chi connectivity index (χ1v) is 10.2. The lowest BCUT2D eigenvalue weighted by Gasteiger charge is -2.37.